The van der Waals surface area contributed by atoms with E-state index in [0.717, 1.165) is 47.5 Å². The van der Waals surface area contributed by atoms with Crippen LogP contribution in [0.25, 0.3) is 11.3 Å². The molecular weight excluding hydrogens is 304 g/mol. The van der Waals surface area contributed by atoms with Crippen LogP contribution in [0.5, 0.6) is 0 Å². The molecule has 1 atom stereocenters. The molecule has 100 valence electrons. The number of anilines is 1. The molecule has 5 heteroatoms. The largest absolute Gasteiger partial charge is 0.354 e. The van der Waals surface area contributed by atoms with Gasteiger partial charge in [-0.1, -0.05) is 34.1 Å². The lowest BCUT2D eigenvalue weighted by Crippen LogP contribution is -2.43. The van der Waals surface area contributed by atoms with E-state index in [1.807, 2.05) is 18.2 Å². The van der Waals surface area contributed by atoms with Gasteiger partial charge in [-0.25, -0.2) is 0 Å². The molecule has 0 spiro atoms. The molecule has 4 nitrogen and oxygen atoms in total. The Morgan fingerprint density at radius 2 is 2.21 bits per heavy atom. The second-order valence-electron chi connectivity index (χ2n) is 4.97. The van der Waals surface area contributed by atoms with Crippen molar-refractivity contribution in [3.63, 3.8) is 0 Å². The van der Waals surface area contributed by atoms with E-state index < -0.39 is 0 Å². The van der Waals surface area contributed by atoms with Crippen molar-refractivity contribution in [2.45, 2.75) is 18.9 Å². The summed E-state index contributed by atoms with van der Waals surface area (Å²) in [5.74, 6) is 0.987. The number of piperidine rings is 1. The van der Waals surface area contributed by atoms with Crippen LogP contribution >= 0.6 is 15.9 Å². The summed E-state index contributed by atoms with van der Waals surface area (Å²) < 4.78 is 1.07. The van der Waals surface area contributed by atoms with Gasteiger partial charge in [0.05, 0.1) is 5.69 Å². The molecule has 0 radical (unpaired) electrons. The first kappa shape index (κ1) is 12.7. The van der Waals surface area contributed by atoms with Gasteiger partial charge in [0.1, 0.15) is 0 Å². The SMILES string of the molecule is NC1CCCN(c2cc(-c3ccccc3Br)[nH]n2)C1. The Labute approximate surface area is 121 Å². The van der Waals surface area contributed by atoms with E-state index >= 15 is 0 Å². The molecule has 1 aliphatic rings. The molecule has 1 unspecified atom stereocenters. The number of aromatic amines is 1. The number of nitrogens with two attached hydrogens (primary N) is 1. The minimum Gasteiger partial charge on any atom is -0.354 e. The molecule has 3 rings (SSSR count). The standard InChI is InChI=1S/C14H17BrN4/c15-12-6-2-1-5-11(12)13-8-14(18-17-13)19-7-3-4-10(16)9-19/h1-2,5-6,8,10H,3-4,7,9,16H2,(H,17,18). The van der Waals surface area contributed by atoms with E-state index in [9.17, 15) is 0 Å². The second kappa shape index (κ2) is 5.35. The molecule has 1 aliphatic heterocycles. The normalized spacial score (nSPS) is 19.7. The average Bonchev–Trinajstić information content (AvgIpc) is 2.89. The molecule has 19 heavy (non-hydrogen) atoms. The van der Waals surface area contributed by atoms with Crippen molar-refractivity contribution in [1.82, 2.24) is 10.2 Å². The molecule has 0 aliphatic carbocycles. The smallest absolute Gasteiger partial charge is 0.151 e. The highest BCUT2D eigenvalue weighted by Gasteiger charge is 2.19. The Kier molecular flexibility index (Phi) is 3.57. The number of hydrogen-bond acceptors (Lipinski definition) is 3. The Balaban J connectivity index is 1.85. The fourth-order valence-corrected chi connectivity index (χ4v) is 3.01. The van der Waals surface area contributed by atoms with Crippen molar-refractivity contribution in [3.8, 4) is 11.3 Å². The van der Waals surface area contributed by atoms with Gasteiger partial charge in [0, 0.05) is 35.2 Å². The van der Waals surface area contributed by atoms with Gasteiger partial charge in [0.15, 0.2) is 5.82 Å². The quantitative estimate of drug-likeness (QED) is 0.894. The lowest BCUT2D eigenvalue weighted by atomic mass is 10.1. The van der Waals surface area contributed by atoms with E-state index in [4.69, 9.17) is 5.73 Å². The number of hydrogen-bond donors (Lipinski definition) is 2. The Morgan fingerprint density at radius 3 is 3.00 bits per heavy atom. The van der Waals surface area contributed by atoms with Crippen LogP contribution in [0.3, 0.4) is 0 Å². The zero-order valence-electron chi connectivity index (χ0n) is 10.6. The number of nitrogens with one attached hydrogen (secondary N) is 1. The zero-order valence-corrected chi connectivity index (χ0v) is 12.2. The van der Waals surface area contributed by atoms with E-state index in [-0.39, 0.29) is 6.04 Å². The third kappa shape index (κ3) is 2.67. The first-order valence-electron chi connectivity index (χ1n) is 6.55. The maximum absolute atomic E-state index is 6.02. The Bertz CT molecular complexity index is 566. The van der Waals surface area contributed by atoms with Crippen molar-refractivity contribution >= 4 is 21.7 Å². The van der Waals surface area contributed by atoms with Crippen LogP contribution in [-0.2, 0) is 0 Å². The lowest BCUT2D eigenvalue weighted by Gasteiger charge is -2.30. The first-order chi connectivity index (χ1) is 9.24. The zero-order chi connectivity index (χ0) is 13.2. The van der Waals surface area contributed by atoms with E-state index in [1.54, 1.807) is 0 Å². The van der Waals surface area contributed by atoms with Gasteiger partial charge in [0.25, 0.3) is 0 Å². The summed E-state index contributed by atoms with van der Waals surface area (Å²) in [6, 6.07) is 10.5. The van der Waals surface area contributed by atoms with Crippen molar-refractivity contribution in [1.29, 1.82) is 0 Å². The molecule has 1 saturated heterocycles. The van der Waals surface area contributed by atoms with Gasteiger partial charge in [-0.3, -0.25) is 5.10 Å². The third-order valence-corrected chi connectivity index (χ3v) is 4.20. The minimum atomic E-state index is 0.261. The highest BCUT2D eigenvalue weighted by atomic mass is 79.9. The van der Waals surface area contributed by atoms with Crippen molar-refractivity contribution < 1.29 is 0 Å². The molecule has 3 N–H and O–H groups in total. The van der Waals surface area contributed by atoms with E-state index in [1.165, 1.54) is 0 Å². The number of aromatic nitrogens is 2. The summed E-state index contributed by atoms with van der Waals surface area (Å²) in [6.07, 6.45) is 2.25. The first-order valence-corrected chi connectivity index (χ1v) is 7.34. The van der Waals surface area contributed by atoms with Crippen LogP contribution in [0.4, 0.5) is 5.82 Å². The summed E-state index contributed by atoms with van der Waals surface area (Å²) in [6.45, 7) is 1.92. The van der Waals surface area contributed by atoms with Gasteiger partial charge in [-0.15, -0.1) is 0 Å². The summed E-state index contributed by atoms with van der Waals surface area (Å²) in [5, 5.41) is 7.53. The summed E-state index contributed by atoms with van der Waals surface area (Å²) in [5.41, 5.74) is 8.17. The van der Waals surface area contributed by atoms with Gasteiger partial charge in [-0.2, -0.15) is 5.10 Å². The molecule has 1 fully saturated rings. The predicted molar refractivity (Wildman–Crippen MR) is 81.1 cm³/mol. The number of rotatable bonds is 2. The van der Waals surface area contributed by atoms with Gasteiger partial charge < -0.3 is 10.6 Å². The van der Waals surface area contributed by atoms with Crippen LogP contribution in [0.1, 0.15) is 12.8 Å². The highest BCUT2D eigenvalue weighted by molar-refractivity contribution is 9.10. The summed E-state index contributed by atoms with van der Waals surface area (Å²) >= 11 is 3.57. The molecule has 1 aromatic carbocycles. The van der Waals surface area contributed by atoms with Gasteiger partial charge >= 0.3 is 0 Å². The molecular formula is C14H17BrN4. The summed E-state index contributed by atoms with van der Waals surface area (Å²) in [4.78, 5) is 2.25. The molecule has 0 amide bonds. The van der Waals surface area contributed by atoms with Crippen LogP contribution in [0.15, 0.2) is 34.8 Å². The second-order valence-corrected chi connectivity index (χ2v) is 5.82. The topological polar surface area (TPSA) is 57.9 Å². The predicted octanol–water partition coefficient (Wildman–Crippen LogP) is 2.77. The van der Waals surface area contributed by atoms with Crippen LogP contribution < -0.4 is 10.6 Å². The van der Waals surface area contributed by atoms with Gasteiger partial charge in [0.2, 0.25) is 0 Å². The summed E-state index contributed by atoms with van der Waals surface area (Å²) in [7, 11) is 0. The van der Waals surface area contributed by atoms with E-state index in [0.29, 0.717) is 0 Å². The number of nitrogens with zero attached hydrogens (tertiary/aromatic N) is 2. The minimum absolute atomic E-state index is 0.261. The van der Waals surface area contributed by atoms with E-state index in [2.05, 4.69) is 43.2 Å². The highest BCUT2D eigenvalue weighted by Crippen LogP contribution is 2.29. The fraction of sp³-hybridized carbons (Fsp3) is 0.357. The maximum Gasteiger partial charge on any atom is 0.151 e. The molecule has 0 bridgehead atoms. The van der Waals surface area contributed by atoms with Crippen LogP contribution in [0.2, 0.25) is 0 Å². The third-order valence-electron chi connectivity index (χ3n) is 3.51. The maximum atomic E-state index is 6.02. The van der Waals surface area contributed by atoms with Crippen molar-refractivity contribution in [3.05, 3.63) is 34.8 Å². The van der Waals surface area contributed by atoms with Gasteiger partial charge in [-0.05, 0) is 18.9 Å². The molecule has 0 saturated carbocycles. The van der Waals surface area contributed by atoms with Crippen LogP contribution in [-0.4, -0.2) is 29.3 Å². The molecule has 2 aromatic rings. The Morgan fingerprint density at radius 1 is 1.37 bits per heavy atom. The molecule has 1 aromatic heterocycles. The number of benzene rings is 1. The molecule has 2 heterocycles. The number of halogens is 1. The Hall–Kier alpha value is -1.33. The van der Waals surface area contributed by atoms with Crippen molar-refractivity contribution in [2.24, 2.45) is 5.73 Å². The fourth-order valence-electron chi connectivity index (χ4n) is 2.51. The van der Waals surface area contributed by atoms with Crippen LogP contribution in [0, 0.1) is 0 Å². The lowest BCUT2D eigenvalue weighted by molar-refractivity contribution is 0.503. The van der Waals surface area contributed by atoms with Crippen molar-refractivity contribution in [2.75, 3.05) is 18.0 Å². The average molecular weight is 321 g/mol. The number of H-pyrrole nitrogens is 1. The monoisotopic (exact) mass is 320 g/mol.